The van der Waals surface area contributed by atoms with E-state index in [-0.39, 0.29) is 24.1 Å². The van der Waals surface area contributed by atoms with Gasteiger partial charge in [0.25, 0.3) is 5.91 Å². The van der Waals surface area contributed by atoms with Crippen LogP contribution in [-0.4, -0.2) is 68.3 Å². The minimum atomic E-state index is -0.428. The van der Waals surface area contributed by atoms with Crippen molar-refractivity contribution in [2.24, 2.45) is 0 Å². The van der Waals surface area contributed by atoms with Crippen molar-refractivity contribution in [2.75, 3.05) is 32.2 Å². The maximum Gasteiger partial charge on any atom is 0.251 e. The Morgan fingerprint density at radius 2 is 2.09 bits per heavy atom. The average Bonchev–Trinajstić information content (AvgIpc) is 3.61. The number of aryl methyl sites for hydroxylation is 1. The minimum Gasteiger partial charge on any atom is -0.394 e. The number of nitrogens with one attached hydrogen (secondary N) is 2. The number of anilines is 1. The van der Waals surface area contributed by atoms with Crippen LogP contribution >= 0.6 is 0 Å². The van der Waals surface area contributed by atoms with Gasteiger partial charge in [0, 0.05) is 53.9 Å². The van der Waals surface area contributed by atoms with Gasteiger partial charge >= 0.3 is 0 Å². The number of hydrogen-bond acceptors (Lipinski definition) is 7. The lowest BCUT2D eigenvalue weighted by molar-refractivity contribution is 0.0963. The molecule has 5 rings (SSSR count). The summed E-state index contributed by atoms with van der Waals surface area (Å²) >= 11 is 0. The predicted octanol–water partition coefficient (Wildman–Crippen LogP) is 2.26. The Morgan fingerprint density at radius 3 is 2.83 bits per heavy atom. The van der Waals surface area contributed by atoms with E-state index in [2.05, 4.69) is 20.8 Å². The van der Waals surface area contributed by atoms with Crippen molar-refractivity contribution in [1.82, 2.24) is 29.7 Å². The topological polar surface area (TPSA) is 119 Å². The number of ether oxygens (including phenoxy) is 1. The van der Waals surface area contributed by atoms with E-state index >= 15 is 4.39 Å². The predicted molar refractivity (Wildman–Crippen MR) is 128 cm³/mol. The molecule has 4 aromatic rings. The summed E-state index contributed by atoms with van der Waals surface area (Å²) in [7, 11) is 1.53. The molecule has 182 valence electrons. The fraction of sp³-hybridized carbons (Fsp3) is 0.333. The van der Waals surface area contributed by atoms with Gasteiger partial charge in [-0.05, 0) is 31.0 Å². The number of rotatable bonds is 7. The van der Waals surface area contributed by atoms with Crippen LogP contribution in [0.15, 0.2) is 36.9 Å². The number of aromatic nitrogens is 5. The van der Waals surface area contributed by atoms with Crippen LogP contribution in [0.5, 0.6) is 0 Å². The molecule has 3 aromatic heterocycles. The quantitative estimate of drug-likeness (QED) is 0.372. The molecule has 1 aliphatic rings. The Kier molecular flexibility index (Phi) is 6.18. The first-order valence-corrected chi connectivity index (χ1v) is 11.4. The van der Waals surface area contributed by atoms with Crippen molar-refractivity contribution in [3.8, 4) is 22.3 Å². The van der Waals surface area contributed by atoms with Crippen molar-refractivity contribution < 1.29 is 19.0 Å². The normalized spacial score (nSPS) is 15.6. The van der Waals surface area contributed by atoms with Gasteiger partial charge in [-0.25, -0.2) is 13.9 Å². The molecule has 1 atom stereocenters. The summed E-state index contributed by atoms with van der Waals surface area (Å²) in [4.78, 5) is 17.1. The van der Waals surface area contributed by atoms with Gasteiger partial charge in [-0.1, -0.05) is 0 Å². The largest absolute Gasteiger partial charge is 0.394 e. The van der Waals surface area contributed by atoms with Gasteiger partial charge in [0.15, 0.2) is 5.65 Å². The molecule has 1 amide bonds. The molecular formula is C24H26FN7O3. The second-order valence-corrected chi connectivity index (χ2v) is 8.48. The molecule has 0 spiro atoms. The van der Waals surface area contributed by atoms with Crippen LogP contribution in [0.1, 0.15) is 22.3 Å². The molecule has 1 saturated heterocycles. The van der Waals surface area contributed by atoms with Crippen LogP contribution in [0.3, 0.4) is 0 Å². The first-order valence-electron chi connectivity index (χ1n) is 11.4. The van der Waals surface area contributed by atoms with Crippen molar-refractivity contribution in [3.05, 3.63) is 53.9 Å². The maximum absolute atomic E-state index is 15.2. The molecule has 1 unspecified atom stereocenters. The van der Waals surface area contributed by atoms with Crippen molar-refractivity contribution >= 4 is 17.4 Å². The van der Waals surface area contributed by atoms with Crippen LogP contribution in [0.2, 0.25) is 0 Å². The number of nitrogens with zero attached hydrogens (tertiary/aromatic N) is 5. The molecule has 1 aromatic carbocycles. The number of hydrogen-bond donors (Lipinski definition) is 3. The summed E-state index contributed by atoms with van der Waals surface area (Å²) in [5, 5.41) is 24.0. The van der Waals surface area contributed by atoms with Gasteiger partial charge in [-0.2, -0.15) is 10.2 Å². The number of amides is 1. The van der Waals surface area contributed by atoms with Crippen molar-refractivity contribution in [3.63, 3.8) is 0 Å². The van der Waals surface area contributed by atoms with E-state index in [9.17, 15) is 9.90 Å². The summed E-state index contributed by atoms with van der Waals surface area (Å²) in [6, 6.07) is 3.12. The fourth-order valence-corrected chi connectivity index (χ4v) is 4.23. The molecule has 0 saturated carbocycles. The number of aliphatic hydroxyl groups excluding tert-OH is 1. The Labute approximate surface area is 200 Å². The minimum absolute atomic E-state index is 0.0223. The van der Waals surface area contributed by atoms with E-state index in [1.165, 1.54) is 19.2 Å². The summed E-state index contributed by atoms with van der Waals surface area (Å²) in [5.41, 5.74) is 3.46. The lowest BCUT2D eigenvalue weighted by atomic mass is 10.0. The average molecular weight is 480 g/mol. The molecule has 1 fully saturated rings. The summed E-state index contributed by atoms with van der Waals surface area (Å²) < 4.78 is 24.0. The number of fused-ring (bicyclic) bond motifs is 1. The Hall–Kier alpha value is -3.83. The molecule has 4 heterocycles. The molecule has 3 N–H and O–H groups in total. The van der Waals surface area contributed by atoms with Gasteiger partial charge in [0.2, 0.25) is 0 Å². The second-order valence-electron chi connectivity index (χ2n) is 8.48. The van der Waals surface area contributed by atoms with Crippen molar-refractivity contribution in [2.45, 2.75) is 25.9 Å². The smallest absolute Gasteiger partial charge is 0.251 e. The number of carbonyl (C=O) groups excluding carboxylic acids is 1. The van der Waals surface area contributed by atoms with E-state index in [1.54, 1.807) is 28.5 Å². The number of benzene rings is 1. The molecule has 1 aliphatic heterocycles. The molecule has 10 nitrogen and oxygen atoms in total. The first kappa shape index (κ1) is 22.9. The Balaban J connectivity index is 1.65. The van der Waals surface area contributed by atoms with E-state index in [4.69, 9.17) is 9.72 Å². The lowest BCUT2D eigenvalue weighted by Gasteiger charge is -2.15. The van der Waals surface area contributed by atoms with E-state index in [0.29, 0.717) is 47.9 Å². The van der Waals surface area contributed by atoms with Crippen LogP contribution in [0, 0.1) is 12.7 Å². The third-order valence-corrected chi connectivity index (χ3v) is 6.07. The monoisotopic (exact) mass is 479 g/mol. The van der Waals surface area contributed by atoms with E-state index in [0.717, 1.165) is 17.5 Å². The Bertz CT molecular complexity index is 1390. The van der Waals surface area contributed by atoms with E-state index < -0.39 is 5.82 Å². The zero-order valence-electron chi connectivity index (χ0n) is 19.5. The molecule has 11 heteroatoms. The van der Waals surface area contributed by atoms with E-state index in [1.807, 2.05) is 12.4 Å². The zero-order valence-corrected chi connectivity index (χ0v) is 19.5. The molecule has 0 bridgehead atoms. The van der Waals surface area contributed by atoms with Crippen LogP contribution in [0.4, 0.5) is 10.2 Å². The van der Waals surface area contributed by atoms with Gasteiger partial charge < -0.3 is 20.5 Å². The standard InChI is InChI=1S/C24H26FN7O3/c1-14-7-15(24(34)26-2)8-18(21(14)25)19-10-28-32-12-20(16-9-27-31(11-16)4-5-33)22(30-23(19)32)29-17-3-6-35-13-17/h7-12,17,33H,3-6,13H2,1-2H3,(H,26,34)(H,29,30). The highest BCUT2D eigenvalue weighted by atomic mass is 19.1. The summed E-state index contributed by atoms with van der Waals surface area (Å²) in [6.45, 7) is 3.20. The fourth-order valence-electron chi connectivity index (χ4n) is 4.23. The molecule has 35 heavy (non-hydrogen) atoms. The van der Waals surface area contributed by atoms with Crippen LogP contribution < -0.4 is 10.6 Å². The van der Waals surface area contributed by atoms with Gasteiger partial charge in [0.05, 0.1) is 38.2 Å². The summed E-state index contributed by atoms with van der Waals surface area (Å²) in [6.07, 6.45) is 7.74. The zero-order chi connectivity index (χ0) is 24.5. The van der Waals surface area contributed by atoms with Gasteiger partial charge in [0.1, 0.15) is 11.6 Å². The van der Waals surface area contributed by atoms with Crippen molar-refractivity contribution in [1.29, 1.82) is 0 Å². The van der Waals surface area contributed by atoms with Crippen LogP contribution in [0.25, 0.3) is 27.9 Å². The maximum atomic E-state index is 15.2. The van der Waals surface area contributed by atoms with Crippen LogP contribution in [-0.2, 0) is 11.3 Å². The number of carbonyl (C=O) groups is 1. The second kappa shape index (κ2) is 9.43. The molecule has 0 radical (unpaired) electrons. The highest BCUT2D eigenvalue weighted by molar-refractivity contribution is 5.96. The SMILES string of the molecule is CNC(=O)c1cc(C)c(F)c(-c2cnn3cc(-c4cnn(CCO)c4)c(NC4CCOC4)nc23)c1. The third kappa shape index (κ3) is 4.35. The lowest BCUT2D eigenvalue weighted by Crippen LogP contribution is -2.20. The number of aliphatic hydroxyl groups is 1. The van der Waals surface area contributed by atoms with Gasteiger partial charge in [-0.15, -0.1) is 0 Å². The first-order chi connectivity index (χ1) is 17.0. The third-order valence-electron chi connectivity index (χ3n) is 6.07. The number of halogens is 1. The summed E-state index contributed by atoms with van der Waals surface area (Å²) in [5.74, 6) is -0.134. The highest BCUT2D eigenvalue weighted by Crippen LogP contribution is 2.33. The highest BCUT2D eigenvalue weighted by Gasteiger charge is 2.22. The van der Waals surface area contributed by atoms with Gasteiger partial charge in [-0.3, -0.25) is 9.48 Å². The Morgan fingerprint density at radius 1 is 1.23 bits per heavy atom. The molecule has 0 aliphatic carbocycles. The molecular weight excluding hydrogens is 453 g/mol.